The van der Waals surface area contributed by atoms with Crippen molar-refractivity contribution in [2.45, 2.75) is 12.3 Å². The Morgan fingerprint density at radius 1 is 1.05 bits per heavy atom. The molecule has 0 spiro atoms. The highest BCUT2D eigenvalue weighted by Crippen LogP contribution is 2.34. The molecule has 0 aromatic heterocycles. The minimum absolute atomic E-state index is 0.260. The standard InChI is InChI=1S/C16H17FN2/c17-14-7-4-8-15(16(14)18)19-10-9-13(11-19)12-5-2-1-3-6-12/h1-8,13H,9-11,18H2. The Bertz CT molecular complexity index is 568. The van der Waals surface area contributed by atoms with Crippen LogP contribution in [0.5, 0.6) is 0 Å². The molecule has 1 saturated heterocycles. The summed E-state index contributed by atoms with van der Waals surface area (Å²) in [5, 5.41) is 0. The largest absolute Gasteiger partial charge is 0.395 e. The van der Waals surface area contributed by atoms with Crippen LogP contribution in [0.1, 0.15) is 17.9 Å². The number of nitrogens with zero attached hydrogens (tertiary/aromatic N) is 1. The SMILES string of the molecule is Nc1c(F)cccc1N1CCC(c2ccccc2)C1. The van der Waals surface area contributed by atoms with Crippen LogP contribution in [-0.4, -0.2) is 13.1 Å². The first-order valence-electron chi connectivity index (χ1n) is 6.59. The topological polar surface area (TPSA) is 29.3 Å². The van der Waals surface area contributed by atoms with Crippen LogP contribution in [-0.2, 0) is 0 Å². The number of hydrogen-bond donors (Lipinski definition) is 1. The lowest BCUT2D eigenvalue weighted by molar-refractivity contribution is 0.632. The Morgan fingerprint density at radius 2 is 1.84 bits per heavy atom. The van der Waals surface area contributed by atoms with E-state index in [1.807, 2.05) is 12.1 Å². The molecule has 0 radical (unpaired) electrons. The van der Waals surface area contributed by atoms with Crippen LogP contribution in [0.15, 0.2) is 48.5 Å². The van der Waals surface area contributed by atoms with Crippen LogP contribution in [0.3, 0.4) is 0 Å². The third kappa shape index (κ3) is 2.28. The minimum atomic E-state index is -0.333. The van der Waals surface area contributed by atoms with Crippen molar-refractivity contribution in [1.82, 2.24) is 0 Å². The molecule has 1 unspecified atom stereocenters. The smallest absolute Gasteiger partial charge is 0.148 e. The Morgan fingerprint density at radius 3 is 2.63 bits per heavy atom. The average Bonchev–Trinajstić information content (AvgIpc) is 2.92. The summed E-state index contributed by atoms with van der Waals surface area (Å²) in [7, 11) is 0. The van der Waals surface area contributed by atoms with Gasteiger partial charge in [0.25, 0.3) is 0 Å². The molecule has 3 rings (SSSR count). The fraction of sp³-hybridized carbons (Fsp3) is 0.250. The number of halogens is 1. The molecule has 1 aliphatic rings. The van der Waals surface area contributed by atoms with Gasteiger partial charge in [-0.1, -0.05) is 36.4 Å². The summed E-state index contributed by atoms with van der Waals surface area (Å²) < 4.78 is 13.5. The molecule has 0 saturated carbocycles. The summed E-state index contributed by atoms with van der Waals surface area (Å²) in [6.07, 6.45) is 1.08. The number of nitrogen functional groups attached to an aromatic ring is 1. The van der Waals surface area contributed by atoms with Crippen molar-refractivity contribution in [2.75, 3.05) is 23.7 Å². The van der Waals surface area contributed by atoms with E-state index in [-0.39, 0.29) is 11.5 Å². The summed E-state index contributed by atoms with van der Waals surface area (Å²) in [5.41, 5.74) is 8.26. The molecular weight excluding hydrogens is 239 g/mol. The zero-order valence-electron chi connectivity index (χ0n) is 10.7. The number of hydrogen-bond acceptors (Lipinski definition) is 2. The fourth-order valence-electron chi connectivity index (χ4n) is 2.78. The van der Waals surface area contributed by atoms with Crippen molar-refractivity contribution < 1.29 is 4.39 Å². The molecule has 1 atom stereocenters. The zero-order chi connectivity index (χ0) is 13.2. The average molecular weight is 256 g/mol. The van der Waals surface area contributed by atoms with Gasteiger partial charge in [-0.2, -0.15) is 0 Å². The molecule has 0 aliphatic carbocycles. The van der Waals surface area contributed by atoms with E-state index in [1.54, 1.807) is 6.07 Å². The Kier molecular flexibility index (Phi) is 3.11. The van der Waals surface area contributed by atoms with Gasteiger partial charge in [-0.25, -0.2) is 4.39 Å². The Hall–Kier alpha value is -2.03. The van der Waals surface area contributed by atoms with Gasteiger partial charge in [0.15, 0.2) is 0 Å². The summed E-state index contributed by atoms with van der Waals surface area (Å²) in [6.45, 7) is 1.82. The molecule has 1 fully saturated rings. The molecule has 3 heteroatoms. The number of para-hydroxylation sites is 1. The van der Waals surface area contributed by atoms with Crippen molar-refractivity contribution in [3.8, 4) is 0 Å². The first-order chi connectivity index (χ1) is 9.25. The summed E-state index contributed by atoms with van der Waals surface area (Å²) >= 11 is 0. The maximum absolute atomic E-state index is 13.5. The third-order valence-electron chi connectivity index (χ3n) is 3.83. The van der Waals surface area contributed by atoms with E-state index in [4.69, 9.17) is 5.73 Å². The second kappa shape index (κ2) is 4.92. The first-order valence-corrected chi connectivity index (χ1v) is 6.59. The third-order valence-corrected chi connectivity index (χ3v) is 3.83. The summed E-state index contributed by atoms with van der Waals surface area (Å²) in [6, 6.07) is 15.5. The van der Waals surface area contributed by atoms with Gasteiger partial charge in [0, 0.05) is 19.0 Å². The maximum atomic E-state index is 13.5. The Balaban J connectivity index is 1.81. The van der Waals surface area contributed by atoms with E-state index in [0.29, 0.717) is 5.92 Å². The predicted molar refractivity (Wildman–Crippen MR) is 76.8 cm³/mol. The lowest BCUT2D eigenvalue weighted by Gasteiger charge is -2.21. The van der Waals surface area contributed by atoms with Crippen molar-refractivity contribution in [2.24, 2.45) is 0 Å². The van der Waals surface area contributed by atoms with Crippen LogP contribution in [0.25, 0.3) is 0 Å². The molecule has 1 aliphatic heterocycles. The molecule has 2 nitrogen and oxygen atoms in total. The summed E-state index contributed by atoms with van der Waals surface area (Å²) in [5.74, 6) is 0.171. The molecule has 0 amide bonds. The highest BCUT2D eigenvalue weighted by molar-refractivity contribution is 5.68. The highest BCUT2D eigenvalue weighted by Gasteiger charge is 2.25. The van der Waals surface area contributed by atoms with Gasteiger partial charge < -0.3 is 10.6 Å². The van der Waals surface area contributed by atoms with E-state index >= 15 is 0 Å². The normalized spacial score (nSPS) is 18.8. The quantitative estimate of drug-likeness (QED) is 0.834. The Labute approximate surface area is 112 Å². The van der Waals surface area contributed by atoms with Gasteiger partial charge in [0.05, 0.1) is 11.4 Å². The van der Waals surface area contributed by atoms with Crippen LogP contribution >= 0.6 is 0 Å². The second-order valence-corrected chi connectivity index (χ2v) is 5.01. The number of rotatable bonds is 2. The van der Waals surface area contributed by atoms with Gasteiger partial charge >= 0.3 is 0 Å². The molecule has 98 valence electrons. The van der Waals surface area contributed by atoms with Gasteiger partial charge in [-0.15, -0.1) is 0 Å². The molecule has 2 N–H and O–H groups in total. The molecule has 19 heavy (non-hydrogen) atoms. The second-order valence-electron chi connectivity index (χ2n) is 5.01. The number of nitrogens with two attached hydrogens (primary N) is 1. The van der Waals surface area contributed by atoms with E-state index in [0.717, 1.165) is 25.2 Å². The highest BCUT2D eigenvalue weighted by atomic mass is 19.1. The van der Waals surface area contributed by atoms with Gasteiger partial charge in [-0.05, 0) is 24.1 Å². The predicted octanol–water partition coefficient (Wildman–Crippen LogP) is 3.40. The van der Waals surface area contributed by atoms with E-state index in [2.05, 4.69) is 29.2 Å². The van der Waals surface area contributed by atoms with E-state index < -0.39 is 0 Å². The van der Waals surface area contributed by atoms with Crippen LogP contribution in [0.2, 0.25) is 0 Å². The van der Waals surface area contributed by atoms with Crippen LogP contribution in [0.4, 0.5) is 15.8 Å². The number of benzene rings is 2. The van der Waals surface area contributed by atoms with E-state index in [9.17, 15) is 4.39 Å². The molecule has 2 aromatic carbocycles. The maximum Gasteiger partial charge on any atom is 0.148 e. The van der Waals surface area contributed by atoms with Crippen LogP contribution < -0.4 is 10.6 Å². The molecule has 2 aromatic rings. The van der Waals surface area contributed by atoms with E-state index in [1.165, 1.54) is 11.6 Å². The number of anilines is 2. The molecular formula is C16H17FN2. The lowest BCUT2D eigenvalue weighted by atomic mass is 9.99. The van der Waals surface area contributed by atoms with Gasteiger partial charge in [-0.3, -0.25) is 0 Å². The van der Waals surface area contributed by atoms with Gasteiger partial charge in [0.2, 0.25) is 0 Å². The minimum Gasteiger partial charge on any atom is -0.395 e. The lowest BCUT2D eigenvalue weighted by Crippen LogP contribution is -2.20. The molecule has 1 heterocycles. The van der Waals surface area contributed by atoms with Crippen molar-refractivity contribution in [1.29, 1.82) is 0 Å². The molecule has 0 bridgehead atoms. The monoisotopic (exact) mass is 256 g/mol. The van der Waals surface area contributed by atoms with Crippen molar-refractivity contribution >= 4 is 11.4 Å². The first kappa shape index (κ1) is 12.0. The fourth-order valence-corrected chi connectivity index (χ4v) is 2.78. The van der Waals surface area contributed by atoms with Crippen molar-refractivity contribution in [3.05, 3.63) is 59.9 Å². The zero-order valence-corrected chi connectivity index (χ0v) is 10.7. The van der Waals surface area contributed by atoms with Crippen LogP contribution in [0, 0.1) is 5.82 Å². The van der Waals surface area contributed by atoms with Crippen molar-refractivity contribution in [3.63, 3.8) is 0 Å². The van der Waals surface area contributed by atoms with Gasteiger partial charge in [0.1, 0.15) is 5.82 Å². The summed E-state index contributed by atoms with van der Waals surface area (Å²) in [4.78, 5) is 2.18.